The van der Waals surface area contributed by atoms with Crippen molar-refractivity contribution in [2.24, 2.45) is 17.8 Å². The first-order chi connectivity index (χ1) is 13.4. The van der Waals surface area contributed by atoms with E-state index in [2.05, 4.69) is 5.10 Å². The highest BCUT2D eigenvalue weighted by atomic mass is 16.6. The number of nitrogens with zero attached hydrogens (tertiary/aromatic N) is 2. The maximum Gasteiger partial charge on any atom is 0.435 e. The zero-order valence-corrected chi connectivity index (χ0v) is 18.0. The highest BCUT2D eigenvalue weighted by Gasteiger charge is 2.31. The van der Waals surface area contributed by atoms with Crippen LogP contribution < -0.4 is 4.74 Å². The molecule has 0 atom stereocenters. The maximum atomic E-state index is 12.1. The van der Waals surface area contributed by atoms with Crippen molar-refractivity contribution < 1.29 is 14.3 Å². The lowest BCUT2D eigenvalue weighted by Crippen LogP contribution is -2.29. The molecule has 0 saturated heterocycles. The fourth-order valence-electron chi connectivity index (χ4n) is 5.08. The van der Waals surface area contributed by atoms with E-state index in [0.29, 0.717) is 12.5 Å². The lowest BCUT2D eigenvalue weighted by atomic mass is 9.68. The van der Waals surface area contributed by atoms with Gasteiger partial charge in [0, 0.05) is 12.3 Å². The first kappa shape index (κ1) is 21.2. The average Bonchev–Trinajstić information content (AvgIpc) is 3.14. The van der Waals surface area contributed by atoms with Crippen LogP contribution >= 0.6 is 0 Å². The Kier molecular flexibility index (Phi) is 7.42. The van der Waals surface area contributed by atoms with Crippen LogP contribution in [0.1, 0.15) is 91.4 Å². The molecule has 5 nitrogen and oxygen atoms in total. The smallest absolute Gasteiger partial charge is 0.435 e. The minimum absolute atomic E-state index is 0.468. The third-order valence-electron chi connectivity index (χ3n) is 6.36. The summed E-state index contributed by atoms with van der Waals surface area (Å²) in [6, 6.07) is 1.75. The van der Waals surface area contributed by atoms with Crippen LogP contribution in [0.3, 0.4) is 0 Å². The molecule has 2 fully saturated rings. The zero-order chi connectivity index (χ0) is 20.0. The largest absolute Gasteiger partial charge is 0.477 e. The molecule has 0 radical (unpaired) electrons. The first-order valence-electron chi connectivity index (χ1n) is 11.3. The second-order valence-corrected chi connectivity index (χ2v) is 9.68. The highest BCUT2D eigenvalue weighted by Crippen LogP contribution is 2.41. The van der Waals surface area contributed by atoms with Gasteiger partial charge in [-0.25, -0.2) is 4.79 Å². The Morgan fingerprint density at radius 1 is 1.07 bits per heavy atom. The summed E-state index contributed by atoms with van der Waals surface area (Å²) < 4.78 is 12.5. The van der Waals surface area contributed by atoms with Gasteiger partial charge in [0.2, 0.25) is 5.88 Å². The molecule has 0 N–H and O–H groups in total. The van der Waals surface area contributed by atoms with E-state index < -0.39 is 11.7 Å². The molecule has 0 aromatic carbocycles. The molecule has 0 aliphatic heterocycles. The Morgan fingerprint density at radius 2 is 1.64 bits per heavy atom. The number of hydrogen-bond acceptors (Lipinski definition) is 4. The second-order valence-electron chi connectivity index (χ2n) is 9.68. The number of rotatable bonds is 6. The van der Waals surface area contributed by atoms with Gasteiger partial charge < -0.3 is 9.47 Å². The normalized spacial score (nSPS) is 19.7. The lowest BCUT2D eigenvalue weighted by Gasteiger charge is -2.38. The molecule has 28 heavy (non-hydrogen) atoms. The van der Waals surface area contributed by atoms with Gasteiger partial charge in [-0.15, -0.1) is 5.10 Å². The molecule has 2 aliphatic rings. The van der Waals surface area contributed by atoms with Crippen LogP contribution in [0.25, 0.3) is 0 Å². The van der Waals surface area contributed by atoms with Gasteiger partial charge in [-0.1, -0.05) is 64.2 Å². The molecular weight excluding hydrogens is 352 g/mol. The molecule has 0 bridgehead atoms. The van der Waals surface area contributed by atoms with Gasteiger partial charge in [0.1, 0.15) is 5.60 Å². The van der Waals surface area contributed by atoms with E-state index in [1.54, 1.807) is 12.3 Å². The number of hydrogen-bond donors (Lipinski definition) is 0. The van der Waals surface area contributed by atoms with Crippen molar-refractivity contribution in [2.45, 2.75) is 97.0 Å². The molecule has 1 aromatic rings. The molecule has 1 aromatic heterocycles. The van der Waals surface area contributed by atoms with Gasteiger partial charge >= 0.3 is 6.09 Å². The van der Waals surface area contributed by atoms with Crippen molar-refractivity contribution in [3.8, 4) is 5.88 Å². The Labute approximate surface area is 170 Å². The minimum Gasteiger partial charge on any atom is -0.477 e. The van der Waals surface area contributed by atoms with Crippen molar-refractivity contribution in [1.82, 2.24) is 9.78 Å². The van der Waals surface area contributed by atoms with E-state index in [4.69, 9.17) is 9.47 Å². The van der Waals surface area contributed by atoms with Crippen molar-refractivity contribution in [2.75, 3.05) is 6.61 Å². The predicted octanol–water partition coefficient (Wildman–Crippen LogP) is 6.21. The Morgan fingerprint density at radius 3 is 2.18 bits per heavy atom. The summed E-state index contributed by atoms with van der Waals surface area (Å²) in [6.07, 6.45) is 16.3. The van der Waals surface area contributed by atoms with Gasteiger partial charge in [0.25, 0.3) is 0 Å². The molecule has 158 valence electrons. The van der Waals surface area contributed by atoms with Crippen molar-refractivity contribution in [3.05, 3.63) is 12.3 Å². The fourth-order valence-corrected chi connectivity index (χ4v) is 5.08. The van der Waals surface area contributed by atoms with Crippen LogP contribution in [0.2, 0.25) is 0 Å². The standard InChI is InChI=1S/C23H38N2O3/c1-23(2,3)28-22(26)25-16-14-21(24-25)27-17-15-20(18-10-6-4-7-11-18)19-12-8-5-9-13-19/h14,16,18-20H,4-13,15,17H2,1-3H3. The van der Waals surface area contributed by atoms with Gasteiger partial charge in [0.05, 0.1) is 6.61 Å². The number of carbonyl (C=O) groups is 1. The summed E-state index contributed by atoms with van der Waals surface area (Å²) in [5.74, 6) is 3.05. The topological polar surface area (TPSA) is 53.4 Å². The van der Waals surface area contributed by atoms with Gasteiger partial charge in [-0.2, -0.15) is 4.68 Å². The lowest BCUT2D eigenvalue weighted by molar-refractivity contribution is 0.0511. The van der Waals surface area contributed by atoms with Gasteiger partial charge in [-0.05, 0) is 44.9 Å². The molecular formula is C23H38N2O3. The van der Waals surface area contributed by atoms with E-state index in [1.807, 2.05) is 20.8 Å². The molecule has 2 saturated carbocycles. The molecule has 5 heteroatoms. The van der Waals surface area contributed by atoms with Crippen LogP contribution in [0, 0.1) is 17.8 Å². The van der Waals surface area contributed by atoms with Crippen LogP contribution in [0.4, 0.5) is 4.79 Å². The minimum atomic E-state index is -0.530. The molecule has 0 amide bonds. The van der Waals surface area contributed by atoms with Crippen LogP contribution in [-0.4, -0.2) is 28.1 Å². The average molecular weight is 391 g/mol. The summed E-state index contributed by atoms with van der Waals surface area (Å²) in [5.41, 5.74) is -0.530. The van der Waals surface area contributed by atoms with E-state index in [-0.39, 0.29) is 0 Å². The summed E-state index contributed by atoms with van der Waals surface area (Å²) in [7, 11) is 0. The third kappa shape index (κ3) is 6.25. The van der Waals surface area contributed by atoms with Crippen molar-refractivity contribution in [3.63, 3.8) is 0 Å². The quantitative estimate of drug-likeness (QED) is 0.579. The number of aromatic nitrogens is 2. The summed E-state index contributed by atoms with van der Waals surface area (Å²) in [4.78, 5) is 12.1. The van der Waals surface area contributed by atoms with Crippen molar-refractivity contribution >= 4 is 6.09 Å². The van der Waals surface area contributed by atoms with Crippen LogP contribution in [-0.2, 0) is 4.74 Å². The first-order valence-corrected chi connectivity index (χ1v) is 11.3. The van der Waals surface area contributed by atoms with E-state index >= 15 is 0 Å². The molecule has 3 rings (SSSR count). The predicted molar refractivity (Wildman–Crippen MR) is 111 cm³/mol. The van der Waals surface area contributed by atoms with E-state index in [0.717, 1.165) is 24.2 Å². The molecule has 0 spiro atoms. The molecule has 0 unspecified atom stereocenters. The number of ether oxygens (including phenoxy) is 2. The summed E-state index contributed by atoms with van der Waals surface area (Å²) in [5, 5.41) is 4.24. The second kappa shape index (κ2) is 9.80. The monoisotopic (exact) mass is 390 g/mol. The van der Waals surface area contributed by atoms with Crippen LogP contribution in [0.15, 0.2) is 12.3 Å². The Hall–Kier alpha value is -1.52. The molecule has 1 heterocycles. The SMILES string of the molecule is CC(C)(C)OC(=O)n1ccc(OCCC(C2CCCCC2)C2CCCCC2)n1. The fraction of sp³-hybridized carbons (Fsp3) is 0.826. The Bertz CT molecular complexity index is 590. The van der Waals surface area contributed by atoms with Crippen LogP contribution in [0.5, 0.6) is 5.88 Å². The highest BCUT2D eigenvalue weighted by molar-refractivity contribution is 5.69. The van der Waals surface area contributed by atoms with E-state index in [1.165, 1.54) is 68.9 Å². The van der Waals surface area contributed by atoms with E-state index in [9.17, 15) is 4.79 Å². The number of carbonyl (C=O) groups excluding carboxylic acids is 1. The summed E-state index contributed by atoms with van der Waals surface area (Å²) in [6.45, 7) is 6.23. The maximum absolute atomic E-state index is 12.1. The zero-order valence-electron chi connectivity index (χ0n) is 18.0. The Balaban J connectivity index is 1.53. The van der Waals surface area contributed by atoms with Gasteiger partial charge in [-0.3, -0.25) is 0 Å². The van der Waals surface area contributed by atoms with Gasteiger partial charge in [0.15, 0.2) is 0 Å². The van der Waals surface area contributed by atoms with Crippen molar-refractivity contribution in [1.29, 1.82) is 0 Å². The molecule has 2 aliphatic carbocycles. The summed E-state index contributed by atoms with van der Waals surface area (Å²) >= 11 is 0. The third-order valence-corrected chi connectivity index (χ3v) is 6.36.